The molecule has 0 fully saturated rings. The molecule has 0 aliphatic rings. The Bertz CT molecular complexity index is 293. The number of aromatic nitrogens is 1. The van der Waals surface area contributed by atoms with Crippen molar-refractivity contribution in [2.75, 3.05) is 12.4 Å². The van der Waals surface area contributed by atoms with Crippen LogP contribution >= 0.6 is 0 Å². The van der Waals surface area contributed by atoms with Crippen molar-refractivity contribution in [3.63, 3.8) is 0 Å². The standard InChI is InChI=1S/C10H15FN2O/c1-7(8(2)14-3)13-10-9(11)5-4-6-12-10/h4-8H,1-3H3,(H,12,13)/t7-,8?/m0/s1. The molecule has 0 aromatic carbocycles. The molecular formula is C10H15FN2O. The van der Waals surface area contributed by atoms with E-state index in [4.69, 9.17) is 4.74 Å². The van der Waals surface area contributed by atoms with Gasteiger partial charge in [-0.15, -0.1) is 0 Å². The van der Waals surface area contributed by atoms with E-state index in [0.717, 1.165) is 0 Å². The monoisotopic (exact) mass is 198 g/mol. The Kier molecular flexibility index (Phi) is 3.83. The maximum atomic E-state index is 13.2. The number of anilines is 1. The molecule has 1 aromatic rings. The summed E-state index contributed by atoms with van der Waals surface area (Å²) >= 11 is 0. The van der Waals surface area contributed by atoms with E-state index >= 15 is 0 Å². The van der Waals surface area contributed by atoms with E-state index in [-0.39, 0.29) is 23.8 Å². The SMILES string of the molecule is COC(C)[C@H](C)Nc1ncccc1F. The molecule has 0 aliphatic carbocycles. The Balaban J connectivity index is 2.64. The minimum Gasteiger partial charge on any atom is -0.380 e. The first-order valence-corrected chi connectivity index (χ1v) is 4.55. The van der Waals surface area contributed by atoms with Gasteiger partial charge in [-0.2, -0.15) is 0 Å². The number of methoxy groups -OCH3 is 1. The van der Waals surface area contributed by atoms with Crippen molar-refractivity contribution < 1.29 is 9.13 Å². The Morgan fingerprint density at radius 1 is 1.50 bits per heavy atom. The van der Waals surface area contributed by atoms with Crippen molar-refractivity contribution in [3.05, 3.63) is 24.1 Å². The molecule has 0 saturated carbocycles. The third-order valence-corrected chi connectivity index (χ3v) is 2.20. The third kappa shape index (κ3) is 2.67. The number of hydrogen-bond donors (Lipinski definition) is 1. The molecular weight excluding hydrogens is 183 g/mol. The van der Waals surface area contributed by atoms with Crippen molar-refractivity contribution in [1.29, 1.82) is 0 Å². The van der Waals surface area contributed by atoms with Gasteiger partial charge in [0.1, 0.15) is 0 Å². The highest BCUT2D eigenvalue weighted by atomic mass is 19.1. The number of ether oxygens (including phenoxy) is 1. The van der Waals surface area contributed by atoms with Crippen LogP contribution < -0.4 is 5.32 Å². The largest absolute Gasteiger partial charge is 0.380 e. The van der Waals surface area contributed by atoms with Crippen molar-refractivity contribution in [2.24, 2.45) is 0 Å². The number of rotatable bonds is 4. The number of nitrogens with zero attached hydrogens (tertiary/aromatic N) is 1. The summed E-state index contributed by atoms with van der Waals surface area (Å²) < 4.78 is 18.3. The Labute approximate surface area is 83.3 Å². The van der Waals surface area contributed by atoms with E-state index in [2.05, 4.69) is 10.3 Å². The summed E-state index contributed by atoms with van der Waals surface area (Å²) in [7, 11) is 1.62. The summed E-state index contributed by atoms with van der Waals surface area (Å²) in [4.78, 5) is 3.89. The normalized spacial score (nSPS) is 14.9. The lowest BCUT2D eigenvalue weighted by atomic mass is 10.2. The van der Waals surface area contributed by atoms with Crippen LogP contribution in [0.5, 0.6) is 0 Å². The lowest BCUT2D eigenvalue weighted by Crippen LogP contribution is -2.30. The summed E-state index contributed by atoms with van der Waals surface area (Å²) in [6.07, 6.45) is 1.56. The van der Waals surface area contributed by atoms with Gasteiger partial charge in [-0.25, -0.2) is 9.37 Å². The molecule has 0 spiro atoms. The first-order valence-electron chi connectivity index (χ1n) is 4.55. The summed E-state index contributed by atoms with van der Waals surface area (Å²) in [5, 5.41) is 2.95. The second-order valence-corrected chi connectivity index (χ2v) is 3.21. The lowest BCUT2D eigenvalue weighted by molar-refractivity contribution is 0.106. The predicted octanol–water partition coefficient (Wildman–Crippen LogP) is 2.06. The zero-order chi connectivity index (χ0) is 10.6. The summed E-state index contributed by atoms with van der Waals surface area (Å²) in [6.45, 7) is 3.83. The van der Waals surface area contributed by atoms with Crippen LogP contribution in [0.3, 0.4) is 0 Å². The molecule has 2 atom stereocenters. The van der Waals surface area contributed by atoms with Crippen molar-refractivity contribution in [1.82, 2.24) is 4.98 Å². The molecule has 0 bridgehead atoms. The van der Waals surface area contributed by atoms with Crippen LogP contribution in [0.25, 0.3) is 0 Å². The zero-order valence-corrected chi connectivity index (χ0v) is 8.62. The topological polar surface area (TPSA) is 34.1 Å². The quantitative estimate of drug-likeness (QED) is 0.804. The molecule has 1 aromatic heterocycles. The van der Waals surface area contributed by atoms with Gasteiger partial charge in [-0.3, -0.25) is 0 Å². The summed E-state index contributed by atoms with van der Waals surface area (Å²) in [6, 6.07) is 2.95. The fourth-order valence-corrected chi connectivity index (χ4v) is 1.03. The fourth-order valence-electron chi connectivity index (χ4n) is 1.03. The Morgan fingerprint density at radius 3 is 2.79 bits per heavy atom. The van der Waals surface area contributed by atoms with Crippen LogP contribution in [0.2, 0.25) is 0 Å². The maximum Gasteiger partial charge on any atom is 0.165 e. The average molecular weight is 198 g/mol. The first-order chi connectivity index (χ1) is 6.65. The van der Waals surface area contributed by atoms with Crippen LogP contribution in [-0.2, 0) is 4.74 Å². The van der Waals surface area contributed by atoms with Gasteiger partial charge in [0.05, 0.1) is 12.1 Å². The zero-order valence-electron chi connectivity index (χ0n) is 8.62. The van der Waals surface area contributed by atoms with Gasteiger partial charge in [0.15, 0.2) is 11.6 Å². The van der Waals surface area contributed by atoms with Crippen LogP contribution in [0, 0.1) is 5.82 Å². The van der Waals surface area contributed by atoms with Gasteiger partial charge in [0.25, 0.3) is 0 Å². The highest BCUT2D eigenvalue weighted by Gasteiger charge is 2.12. The van der Waals surface area contributed by atoms with Gasteiger partial charge in [-0.05, 0) is 26.0 Å². The lowest BCUT2D eigenvalue weighted by Gasteiger charge is -2.20. The molecule has 0 radical (unpaired) electrons. The van der Waals surface area contributed by atoms with E-state index in [0.29, 0.717) is 0 Å². The smallest absolute Gasteiger partial charge is 0.165 e. The molecule has 4 heteroatoms. The Hall–Kier alpha value is -1.16. The molecule has 3 nitrogen and oxygen atoms in total. The van der Waals surface area contributed by atoms with Crippen LogP contribution in [0.1, 0.15) is 13.8 Å². The van der Waals surface area contributed by atoms with E-state index in [1.54, 1.807) is 19.4 Å². The second-order valence-electron chi connectivity index (χ2n) is 3.21. The van der Waals surface area contributed by atoms with Crippen molar-refractivity contribution in [2.45, 2.75) is 26.0 Å². The van der Waals surface area contributed by atoms with Crippen molar-refractivity contribution in [3.8, 4) is 0 Å². The van der Waals surface area contributed by atoms with E-state index in [1.807, 2.05) is 13.8 Å². The molecule has 14 heavy (non-hydrogen) atoms. The minimum atomic E-state index is -0.345. The van der Waals surface area contributed by atoms with E-state index < -0.39 is 0 Å². The highest BCUT2D eigenvalue weighted by molar-refractivity contribution is 5.36. The molecule has 0 aliphatic heterocycles. The Morgan fingerprint density at radius 2 is 2.21 bits per heavy atom. The number of nitrogens with one attached hydrogen (secondary N) is 1. The highest BCUT2D eigenvalue weighted by Crippen LogP contribution is 2.11. The van der Waals surface area contributed by atoms with Gasteiger partial charge in [0.2, 0.25) is 0 Å². The predicted molar refractivity (Wildman–Crippen MR) is 53.8 cm³/mol. The maximum absolute atomic E-state index is 13.2. The van der Waals surface area contributed by atoms with Crippen LogP contribution in [0.4, 0.5) is 10.2 Å². The van der Waals surface area contributed by atoms with Crippen molar-refractivity contribution >= 4 is 5.82 Å². The number of pyridine rings is 1. The molecule has 0 amide bonds. The second kappa shape index (κ2) is 4.91. The molecule has 1 rings (SSSR count). The fraction of sp³-hybridized carbons (Fsp3) is 0.500. The van der Waals surface area contributed by atoms with Crippen LogP contribution in [0.15, 0.2) is 18.3 Å². The molecule has 78 valence electrons. The number of hydrogen-bond acceptors (Lipinski definition) is 3. The van der Waals surface area contributed by atoms with E-state index in [1.165, 1.54) is 6.07 Å². The summed E-state index contributed by atoms with van der Waals surface area (Å²) in [5.74, 6) is -0.0773. The molecule has 1 heterocycles. The van der Waals surface area contributed by atoms with Gasteiger partial charge >= 0.3 is 0 Å². The molecule has 0 saturated heterocycles. The number of halogens is 1. The summed E-state index contributed by atoms with van der Waals surface area (Å²) in [5.41, 5.74) is 0. The van der Waals surface area contributed by atoms with Gasteiger partial charge in [0, 0.05) is 13.3 Å². The third-order valence-electron chi connectivity index (χ3n) is 2.20. The van der Waals surface area contributed by atoms with E-state index in [9.17, 15) is 4.39 Å². The minimum absolute atomic E-state index is 0.0106. The van der Waals surface area contributed by atoms with Gasteiger partial charge < -0.3 is 10.1 Å². The van der Waals surface area contributed by atoms with Crippen LogP contribution in [-0.4, -0.2) is 24.2 Å². The molecule has 1 N–H and O–H groups in total. The van der Waals surface area contributed by atoms with Gasteiger partial charge in [-0.1, -0.05) is 0 Å². The molecule has 1 unspecified atom stereocenters. The first kappa shape index (κ1) is 10.9. The average Bonchev–Trinajstić information content (AvgIpc) is 2.20.